The fourth-order valence-electron chi connectivity index (χ4n) is 2.78. The first-order chi connectivity index (χ1) is 10.6. The lowest BCUT2D eigenvalue weighted by molar-refractivity contribution is 0.101. The Hall–Kier alpha value is -2.81. The Morgan fingerprint density at radius 3 is 2.36 bits per heavy atom. The number of Topliss-reactive ketones (excluding diaryl/α,β-unsaturated/α-hetero) is 1. The highest BCUT2D eigenvalue weighted by Gasteiger charge is 2.17. The van der Waals surface area contributed by atoms with Crippen molar-refractivity contribution in [1.82, 2.24) is 4.57 Å². The highest BCUT2D eigenvalue weighted by atomic mass is 16.1. The van der Waals surface area contributed by atoms with E-state index in [1.807, 2.05) is 67.6 Å². The van der Waals surface area contributed by atoms with E-state index in [4.69, 9.17) is 5.73 Å². The van der Waals surface area contributed by atoms with E-state index in [9.17, 15) is 4.79 Å². The van der Waals surface area contributed by atoms with Gasteiger partial charge in [-0.2, -0.15) is 0 Å². The summed E-state index contributed by atoms with van der Waals surface area (Å²) in [6, 6.07) is 19.7. The number of rotatable bonds is 3. The zero-order chi connectivity index (χ0) is 15.7. The van der Waals surface area contributed by atoms with Crippen LogP contribution >= 0.6 is 0 Å². The molecule has 3 nitrogen and oxygen atoms in total. The summed E-state index contributed by atoms with van der Waals surface area (Å²) in [6.07, 6.45) is 0. The minimum Gasteiger partial charge on any atom is -0.399 e. The normalized spacial score (nSPS) is 10.6. The van der Waals surface area contributed by atoms with Crippen molar-refractivity contribution >= 4 is 11.5 Å². The van der Waals surface area contributed by atoms with Crippen LogP contribution in [0.5, 0.6) is 0 Å². The lowest BCUT2D eigenvalue weighted by Gasteiger charge is -2.13. The second kappa shape index (κ2) is 5.53. The van der Waals surface area contributed by atoms with Crippen molar-refractivity contribution in [2.24, 2.45) is 0 Å². The molecular formula is C19H18N2O. The maximum absolute atomic E-state index is 11.9. The van der Waals surface area contributed by atoms with E-state index in [1.165, 1.54) is 0 Å². The second-order valence-corrected chi connectivity index (χ2v) is 5.38. The lowest BCUT2D eigenvalue weighted by atomic mass is 10.1. The first-order valence-electron chi connectivity index (χ1n) is 7.22. The van der Waals surface area contributed by atoms with Crippen LogP contribution in [0.25, 0.3) is 16.9 Å². The van der Waals surface area contributed by atoms with Crippen LogP contribution in [0.3, 0.4) is 0 Å². The van der Waals surface area contributed by atoms with Crippen LogP contribution in [0.2, 0.25) is 0 Å². The molecule has 2 N–H and O–H groups in total. The van der Waals surface area contributed by atoms with Crippen molar-refractivity contribution in [3.8, 4) is 16.9 Å². The van der Waals surface area contributed by atoms with Gasteiger partial charge >= 0.3 is 0 Å². The molecule has 110 valence electrons. The highest BCUT2D eigenvalue weighted by molar-refractivity contribution is 5.97. The number of aromatic nitrogens is 1. The maximum Gasteiger partial charge on any atom is 0.161 e. The molecule has 2 aromatic carbocycles. The number of ketones is 1. The Balaban J connectivity index is 2.30. The highest BCUT2D eigenvalue weighted by Crippen LogP contribution is 2.30. The van der Waals surface area contributed by atoms with E-state index in [-0.39, 0.29) is 5.78 Å². The van der Waals surface area contributed by atoms with Gasteiger partial charge in [-0.05, 0) is 43.7 Å². The third kappa shape index (κ3) is 2.42. The van der Waals surface area contributed by atoms with Gasteiger partial charge in [-0.25, -0.2) is 0 Å². The zero-order valence-electron chi connectivity index (χ0n) is 12.7. The number of nitrogens with two attached hydrogens (primary N) is 1. The molecule has 1 heterocycles. The third-order valence-corrected chi connectivity index (χ3v) is 3.82. The minimum absolute atomic E-state index is 0.0670. The molecule has 0 saturated carbocycles. The van der Waals surface area contributed by atoms with Gasteiger partial charge in [-0.1, -0.05) is 36.4 Å². The second-order valence-electron chi connectivity index (χ2n) is 5.38. The van der Waals surface area contributed by atoms with Crippen molar-refractivity contribution in [3.63, 3.8) is 0 Å². The van der Waals surface area contributed by atoms with Crippen LogP contribution in [0, 0.1) is 6.92 Å². The van der Waals surface area contributed by atoms with Crippen LogP contribution in [-0.2, 0) is 0 Å². The fraction of sp³-hybridized carbons (Fsp3) is 0.105. The molecule has 0 aliphatic carbocycles. The van der Waals surface area contributed by atoms with Crippen molar-refractivity contribution in [3.05, 3.63) is 71.9 Å². The van der Waals surface area contributed by atoms with Crippen molar-refractivity contribution < 1.29 is 4.79 Å². The topological polar surface area (TPSA) is 48.0 Å². The molecule has 3 rings (SSSR count). The third-order valence-electron chi connectivity index (χ3n) is 3.82. The first kappa shape index (κ1) is 14.1. The van der Waals surface area contributed by atoms with Crippen LogP contribution < -0.4 is 5.73 Å². The predicted octanol–water partition coefficient (Wildman–Crippen LogP) is 4.24. The molecule has 0 saturated heterocycles. The quantitative estimate of drug-likeness (QED) is 0.579. The number of nitrogens with zero attached hydrogens (tertiary/aromatic N) is 1. The van der Waals surface area contributed by atoms with E-state index in [2.05, 4.69) is 4.57 Å². The van der Waals surface area contributed by atoms with Gasteiger partial charge in [0, 0.05) is 22.6 Å². The van der Waals surface area contributed by atoms with Gasteiger partial charge in [0.2, 0.25) is 0 Å². The number of benzene rings is 2. The number of carbonyl (C=O) groups is 1. The Morgan fingerprint density at radius 1 is 1.00 bits per heavy atom. The molecule has 0 aliphatic heterocycles. The molecule has 3 aromatic rings. The predicted molar refractivity (Wildman–Crippen MR) is 90.4 cm³/mol. The van der Waals surface area contributed by atoms with E-state index >= 15 is 0 Å². The molecule has 0 bridgehead atoms. The Bertz CT molecular complexity index is 832. The largest absolute Gasteiger partial charge is 0.399 e. The number of nitrogen functional groups attached to an aromatic ring is 1. The van der Waals surface area contributed by atoms with E-state index in [1.54, 1.807) is 6.92 Å². The molecule has 0 spiro atoms. The Morgan fingerprint density at radius 2 is 1.73 bits per heavy atom. The summed E-state index contributed by atoms with van der Waals surface area (Å²) in [6.45, 7) is 3.56. The summed E-state index contributed by atoms with van der Waals surface area (Å²) in [4.78, 5) is 11.9. The summed E-state index contributed by atoms with van der Waals surface area (Å²) in [5, 5.41) is 0. The number of carbonyl (C=O) groups excluding carboxylic acids is 1. The Kier molecular flexibility index (Phi) is 3.55. The fourth-order valence-corrected chi connectivity index (χ4v) is 2.78. The summed E-state index contributed by atoms with van der Waals surface area (Å²) >= 11 is 0. The Labute approximate surface area is 130 Å². The van der Waals surface area contributed by atoms with E-state index < -0.39 is 0 Å². The van der Waals surface area contributed by atoms with Gasteiger partial charge in [-0.15, -0.1) is 0 Å². The maximum atomic E-state index is 11.9. The first-order valence-corrected chi connectivity index (χ1v) is 7.22. The van der Waals surface area contributed by atoms with Crippen molar-refractivity contribution in [2.45, 2.75) is 13.8 Å². The van der Waals surface area contributed by atoms with Gasteiger partial charge in [0.1, 0.15) is 0 Å². The van der Waals surface area contributed by atoms with Crippen LogP contribution in [-0.4, -0.2) is 10.4 Å². The molecule has 1 aromatic heterocycles. The number of hydrogen-bond acceptors (Lipinski definition) is 2. The van der Waals surface area contributed by atoms with Gasteiger partial charge in [0.25, 0.3) is 0 Å². The van der Waals surface area contributed by atoms with Crippen molar-refractivity contribution in [2.75, 3.05) is 5.73 Å². The average Bonchev–Trinajstić information content (AvgIpc) is 2.86. The van der Waals surface area contributed by atoms with Crippen molar-refractivity contribution in [1.29, 1.82) is 0 Å². The molecule has 0 unspecified atom stereocenters. The van der Waals surface area contributed by atoms with E-state index in [0.717, 1.165) is 28.2 Å². The van der Waals surface area contributed by atoms with E-state index in [0.29, 0.717) is 5.69 Å². The van der Waals surface area contributed by atoms with Crippen LogP contribution in [0.1, 0.15) is 23.0 Å². The van der Waals surface area contributed by atoms with Gasteiger partial charge in [-0.3, -0.25) is 4.79 Å². The van der Waals surface area contributed by atoms with Crippen LogP contribution in [0.4, 0.5) is 5.69 Å². The molecule has 3 heteroatoms. The number of anilines is 1. The monoisotopic (exact) mass is 290 g/mol. The molecule has 0 amide bonds. The smallest absolute Gasteiger partial charge is 0.161 e. The number of hydrogen-bond donors (Lipinski definition) is 1. The standard InChI is InChI=1S/C19H18N2O/c1-13-18(14(2)22)12-19(15-7-4-3-5-8-15)21(13)17-10-6-9-16(20)11-17/h3-12H,20H2,1-2H3. The minimum atomic E-state index is 0.0670. The van der Waals surface area contributed by atoms with Gasteiger partial charge < -0.3 is 10.3 Å². The van der Waals surface area contributed by atoms with Crippen LogP contribution in [0.15, 0.2) is 60.7 Å². The molecule has 22 heavy (non-hydrogen) atoms. The molecular weight excluding hydrogens is 272 g/mol. The molecule has 0 radical (unpaired) electrons. The average molecular weight is 290 g/mol. The van der Waals surface area contributed by atoms with Gasteiger partial charge in [0.05, 0.1) is 5.69 Å². The zero-order valence-corrected chi connectivity index (χ0v) is 12.7. The van der Waals surface area contributed by atoms with Gasteiger partial charge in [0.15, 0.2) is 5.78 Å². The summed E-state index contributed by atoms with van der Waals surface area (Å²) in [5.74, 6) is 0.0670. The summed E-state index contributed by atoms with van der Waals surface area (Å²) in [7, 11) is 0. The lowest BCUT2D eigenvalue weighted by Crippen LogP contribution is -2.02. The molecule has 0 aliphatic rings. The summed E-state index contributed by atoms with van der Waals surface area (Å²) in [5.41, 5.74) is 11.3. The SMILES string of the molecule is CC(=O)c1cc(-c2ccccc2)n(-c2cccc(N)c2)c1C. The molecule has 0 fully saturated rings. The molecule has 0 atom stereocenters. The summed E-state index contributed by atoms with van der Waals surface area (Å²) < 4.78 is 2.09.